The summed E-state index contributed by atoms with van der Waals surface area (Å²) in [6.07, 6.45) is 2.40. The Morgan fingerprint density at radius 3 is 2.87 bits per heavy atom. The van der Waals surface area contributed by atoms with Crippen LogP contribution in [-0.2, 0) is 20.8 Å². The van der Waals surface area contributed by atoms with Crippen LogP contribution in [0.2, 0.25) is 0 Å². The molecule has 1 spiro atoms. The molecule has 7 nitrogen and oxygen atoms in total. The fourth-order valence-electron chi connectivity index (χ4n) is 5.92. The number of carbonyl (C=O) groups is 1. The maximum absolute atomic E-state index is 12.7. The minimum Gasteiger partial charge on any atom is -0.378 e. The topological polar surface area (TPSA) is 58.1 Å². The van der Waals surface area contributed by atoms with Crippen molar-refractivity contribution in [2.75, 3.05) is 50.9 Å². The minimum atomic E-state index is -0.407. The number of likely N-dealkylation sites (tertiary alicyclic amines) is 1. The van der Waals surface area contributed by atoms with Gasteiger partial charge < -0.3 is 19.3 Å². The van der Waals surface area contributed by atoms with Gasteiger partial charge in [-0.25, -0.2) is 4.98 Å². The maximum atomic E-state index is 12.7. The third kappa shape index (κ3) is 3.13. The van der Waals surface area contributed by atoms with E-state index in [0.29, 0.717) is 6.42 Å². The lowest BCUT2D eigenvalue weighted by Gasteiger charge is -2.42. The van der Waals surface area contributed by atoms with E-state index in [4.69, 9.17) is 14.5 Å². The average Bonchev–Trinajstić information content (AvgIpc) is 3.26. The van der Waals surface area contributed by atoms with E-state index in [9.17, 15) is 4.79 Å². The number of aryl methyl sites for hydroxylation is 1. The molecule has 31 heavy (non-hydrogen) atoms. The standard InChI is InChI=1S/C24H30N4O3/c1-17-3-4-18-14-19(23(25-20(18)13-17)26-8-11-30-12-9-26)16-27-7-5-24-21(27)15-22(29)28(24)6-2-10-31-24/h3-4,13-14,21H,2,5-12,15-16H2,1H3/t21-,24+/m1/s1. The number of morpholine rings is 1. The molecule has 6 rings (SSSR count). The van der Waals surface area contributed by atoms with E-state index < -0.39 is 5.72 Å². The first-order valence-electron chi connectivity index (χ1n) is 11.6. The molecule has 4 saturated heterocycles. The van der Waals surface area contributed by atoms with E-state index in [-0.39, 0.29) is 11.9 Å². The molecule has 0 unspecified atom stereocenters. The van der Waals surface area contributed by atoms with Crippen LogP contribution in [0.5, 0.6) is 0 Å². The van der Waals surface area contributed by atoms with Gasteiger partial charge >= 0.3 is 0 Å². The lowest BCUT2D eigenvalue weighted by atomic mass is 10.0. The Morgan fingerprint density at radius 1 is 1.13 bits per heavy atom. The van der Waals surface area contributed by atoms with Crippen molar-refractivity contribution in [2.24, 2.45) is 0 Å². The fraction of sp³-hybridized carbons (Fsp3) is 0.583. The predicted octanol–water partition coefficient (Wildman–Crippen LogP) is 2.30. The van der Waals surface area contributed by atoms with E-state index in [0.717, 1.165) is 76.7 Å². The number of carbonyl (C=O) groups excluding carboxylic acids is 1. The summed E-state index contributed by atoms with van der Waals surface area (Å²) in [5.41, 5.74) is 3.09. The fourth-order valence-corrected chi connectivity index (χ4v) is 5.92. The van der Waals surface area contributed by atoms with Gasteiger partial charge in [0.15, 0.2) is 5.72 Å². The number of anilines is 1. The van der Waals surface area contributed by atoms with E-state index in [1.807, 2.05) is 4.90 Å². The van der Waals surface area contributed by atoms with Crippen LogP contribution >= 0.6 is 0 Å². The first kappa shape index (κ1) is 19.5. The highest BCUT2D eigenvalue weighted by atomic mass is 16.5. The molecular weight excluding hydrogens is 392 g/mol. The molecule has 7 heteroatoms. The molecule has 4 fully saturated rings. The summed E-state index contributed by atoms with van der Waals surface area (Å²) in [7, 11) is 0. The number of pyridine rings is 1. The van der Waals surface area contributed by atoms with Crippen LogP contribution in [0.1, 0.15) is 30.4 Å². The second-order valence-electron chi connectivity index (χ2n) is 9.30. The molecule has 0 radical (unpaired) electrons. The second kappa shape index (κ2) is 7.43. The lowest BCUT2D eigenvalue weighted by Crippen LogP contribution is -2.56. The Balaban J connectivity index is 1.36. The number of aromatic nitrogens is 1. The van der Waals surface area contributed by atoms with Gasteiger partial charge in [-0.15, -0.1) is 0 Å². The highest BCUT2D eigenvalue weighted by Gasteiger charge is 2.60. The quantitative estimate of drug-likeness (QED) is 0.757. The molecule has 0 N–H and O–H groups in total. The van der Waals surface area contributed by atoms with Crippen LogP contribution in [0.3, 0.4) is 0 Å². The van der Waals surface area contributed by atoms with Gasteiger partial charge in [-0.05, 0) is 31.0 Å². The van der Waals surface area contributed by atoms with Crippen molar-refractivity contribution in [3.63, 3.8) is 0 Å². The van der Waals surface area contributed by atoms with Crippen molar-refractivity contribution in [1.82, 2.24) is 14.8 Å². The van der Waals surface area contributed by atoms with Gasteiger partial charge in [-0.3, -0.25) is 9.69 Å². The SMILES string of the molecule is Cc1ccc2cc(CN3CC[C@@]45OCCCN4C(=O)C[C@@H]35)c(N3CCOCC3)nc2c1. The van der Waals surface area contributed by atoms with Gasteiger partial charge in [-0.2, -0.15) is 0 Å². The third-order valence-electron chi connectivity index (χ3n) is 7.44. The van der Waals surface area contributed by atoms with E-state index in [1.165, 1.54) is 16.5 Å². The smallest absolute Gasteiger partial charge is 0.226 e. The highest BCUT2D eigenvalue weighted by Crippen LogP contribution is 2.45. The lowest BCUT2D eigenvalue weighted by molar-refractivity contribution is -0.180. The Hall–Kier alpha value is -2.22. The average molecular weight is 423 g/mol. The molecule has 0 bridgehead atoms. The second-order valence-corrected chi connectivity index (χ2v) is 9.30. The van der Waals surface area contributed by atoms with Crippen molar-refractivity contribution in [3.05, 3.63) is 35.4 Å². The first-order valence-corrected chi connectivity index (χ1v) is 11.6. The zero-order chi connectivity index (χ0) is 21.0. The molecule has 0 saturated carbocycles. The minimum absolute atomic E-state index is 0.131. The number of fused-ring (bicyclic) bond motifs is 1. The van der Waals surface area contributed by atoms with E-state index in [1.54, 1.807) is 0 Å². The number of ether oxygens (including phenoxy) is 2. The highest BCUT2D eigenvalue weighted by molar-refractivity contribution is 5.83. The summed E-state index contributed by atoms with van der Waals surface area (Å²) in [6, 6.07) is 8.91. The summed E-state index contributed by atoms with van der Waals surface area (Å²) in [6.45, 7) is 8.63. The third-order valence-corrected chi connectivity index (χ3v) is 7.44. The summed E-state index contributed by atoms with van der Waals surface area (Å²) in [5, 5.41) is 1.17. The Labute approximate surface area is 182 Å². The largest absolute Gasteiger partial charge is 0.378 e. The molecule has 1 aromatic heterocycles. The molecule has 0 aliphatic carbocycles. The van der Waals surface area contributed by atoms with Crippen molar-refractivity contribution in [1.29, 1.82) is 0 Å². The number of benzene rings is 1. The van der Waals surface area contributed by atoms with Gasteiger partial charge in [0.25, 0.3) is 0 Å². The maximum Gasteiger partial charge on any atom is 0.226 e. The zero-order valence-electron chi connectivity index (χ0n) is 18.2. The monoisotopic (exact) mass is 422 g/mol. The molecule has 1 amide bonds. The van der Waals surface area contributed by atoms with E-state index >= 15 is 0 Å². The Kier molecular flexibility index (Phi) is 4.67. The molecule has 1 aromatic carbocycles. The number of hydrogen-bond acceptors (Lipinski definition) is 6. The number of amides is 1. The van der Waals surface area contributed by atoms with Crippen molar-refractivity contribution in [2.45, 2.75) is 44.5 Å². The Morgan fingerprint density at radius 2 is 2.00 bits per heavy atom. The summed E-state index contributed by atoms with van der Waals surface area (Å²) < 4.78 is 11.9. The van der Waals surface area contributed by atoms with Crippen LogP contribution in [-0.4, -0.2) is 78.5 Å². The molecule has 4 aliphatic heterocycles. The molecule has 164 valence electrons. The molecular formula is C24H30N4O3. The van der Waals surface area contributed by atoms with Crippen LogP contribution in [0.4, 0.5) is 5.82 Å². The van der Waals surface area contributed by atoms with Crippen LogP contribution < -0.4 is 4.90 Å². The number of nitrogens with zero attached hydrogens (tertiary/aromatic N) is 4. The normalized spacial score (nSPS) is 28.9. The number of hydrogen-bond donors (Lipinski definition) is 0. The summed E-state index contributed by atoms with van der Waals surface area (Å²) >= 11 is 0. The van der Waals surface area contributed by atoms with Crippen molar-refractivity contribution < 1.29 is 14.3 Å². The first-order chi connectivity index (χ1) is 15.1. The molecule has 2 aromatic rings. The predicted molar refractivity (Wildman–Crippen MR) is 118 cm³/mol. The van der Waals surface area contributed by atoms with Gasteiger partial charge in [0, 0.05) is 56.5 Å². The van der Waals surface area contributed by atoms with Crippen molar-refractivity contribution in [3.8, 4) is 0 Å². The molecule has 2 atom stereocenters. The van der Waals surface area contributed by atoms with Crippen LogP contribution in [0.15, 0.2) is 24.3 Å². The Bertz CT molecular complexity index is 1020. The van der Waals surface area contributed by atoms with Gasteiger partial charge in [-0.1, -0.05) is 12.1 Å². The molecule has 5 heterocycles. The van der Waals surface area contributed by atoms with Crippen LogP contribution in [0, 0.1) is 6.92 Å². The van der Waals surface area contributed by atoms with E-state index in [2.05, 4.69) is 41.0 Å². The summed E-state index contributed by atoms with van der Waals surface area (Å²) in [4.78, 5) is 24.7. The van der Waals surface area contributed by atoms with Gasteiger partial charge in [0.05, 0.1) is 31.4 Å². The van der Waals surface area contributed by atoms with Crippen LogP contribution in [0.25, 0.3) is 10.9 Å². The van der Waals surface area contributed by atoms with Gasteiger partial charge in [0.2, 0.25) is 5.91 Å². The number of rotatable bonds is 3. The van der Waals surface area contributed by atoms with Gasteiger partial charge in [0.1, 0.15) is 5.82 Å². The molecule has 4 aliphatic rings. The summed E-state index contributed by atoms with van der Waals surface area (Å²) in [5.74, 6) is 1.31. The zero-order valence-corrected chi connectivity index (χ0v) is 18.2. The van der Waals surface area contributed by atoms with Crippen molar-refractivity contribution >= 4 is 22.6 Å².